The van der Waals surface area contributed by atoms with Crippen LogP contribution in [0.3, 0.4) is 0 Å². The average molecular weight is 413 g/mol. The molecule has 1 aromatic rings. The Morgan fingerprint density at radius 3 is 2.83 bits per heavy atom. The molecule has 1 aliphatic rings. The lowest BCUT2D eigenvalue weighted by molar-refractivity contribution is -0.127. The Morgan fingerprint density at radius 2 is 2.33 bits per heavy atom. The van der Waals surface area contributed by atoms with Crippen LogP contribution in [0.1, 0.15) is 16.8 Å². The summed E-state index contributed by atoms with van der Waals surface area (Å²) in [5.41, 5.74) is 5.70. The van der Waals surface area contributed by atoms with Gasteiger partial charge in [-0.25, -0.2) is 4.68 Å². The van der Waals surface area contributed by atoms with Gasteiger partial charge >= 0.3 is 0 Å². The van der Waals surface area contributed by atoms with Crippen molar-refractivity contribution in [2.24, 2.45) is 5.73 Å². The maximum absolute atomic E-state index is 12.2. The normalized spacial score (nSPS) is 23.3. The van der Waals surface area contributed by atoms with Crippen molar-refractivity contribution in [3.8, 4) is 0 Å². The molecule has 0 unspecified atom stereocenters. The van der Waals surface area contributed by atoms with E-state index in [9.17, 15) is 9.59 Å². The largest absolute Gasteiger partial charge is 0.383 e. The van der Waals surface area contributed by atoms with E-state index in [1.54, 1.807) is 23.7 Å². The van der Waals surface area contributed by atoms with Gasteiger partial charge < -0.3 is 20.7 Å². The topological polar surface area (TPSA) is 102 Å². The molecule has 129 valence electrons. The number of aromatic nitrogens is 2. The maximum atomic E-state index is 12.2. The van der Waals surface area contributed by atoms with Gasteiger partial charge in [0.2, 0.25) is 5.91 Å². The van der Waals surface area contributed by atoms with Crippen LogP contribution in [-0.4, -0.2) is 70.1 Å². The first kappa shape index (κ1) is 18.7. The van der Waals surface area contributed by atoms with Gasteiger partial charge in [-0.1, -0.05) is 6.58 Å². The molecule has 10 heteroatoms. The van der Waals surface area contributed by atoms with Crippen LogP contribution in [0.15, 0.2) is 17.3 Å². The molecule has 0 saturated carbocycles. The van der Waals surface area contributed by atoms with E-state index in [0.717, 1.165) is 0 Å². The number of methoxy groups -OCH3 is 1. The van der Waals surface area contributed by atoms with Gasteiger partial charge in [0.05, 0.1) is 28.1 Å². The highest BCUT2D eigenvalue weighted by molar-refractivity contribution is 9.10. The van der Waals surface area contributed by atoms with E-state index in [4.69, 9.17) is 10.5 Å². The monoisotopic (exact) mass is 412 g/mol. The molecule has 3 radical (unpaired) electrons. The molecule has 1 saturated heterocycles. The SMILES string of the molecule is C=CC(=O)N1C[C@@]([Si])(n2nc(Br)c(C(N)=O)c2NC)C[C@@H]1COC. The van der Waals surface area contributed by atoms with Crippen LogP contribution in [-0.2, 0) is 14.7 Å². The number of carbonyl (C=O) groups excluding carboxylic acids is 2. The van der Waals surface area contributed by atoms with Crippen LogP contribution in [0.25, 0.3) is 0 Å². The summed E-state index contributed by atoms with van der Waals surface area (Å²) in [5.74, 6) is -0.323. The smallest absolute Gasteiger partial charge is 0.255 e. The number of nitrogens with one attached hydrogen (secondary N) is 1. The van der Waals surface area contributed by atoms with E-state index in [-0.39, 0.29) is 17.5 Å². The summed E-state index contributed by atoms with van der Waals surface area (Å²) >= 11 is 3.27. The third-order valence-corrected chi connectivity index (χ3v) is 5.12. The molecule has 2 amide bonds. The van der Waals surface area contributed by atoms with E-state index in [1.165, 1.54) is 6.08 Å². The van der Waals surface area contributed by atoms with Crippen LogP contribution < -0.4 is 11.1 Å². The molecule has 1 aliphatic heterocycles. The predicted octanol–water partition coefficient (Wildman–Crippen LogP) is 0.0408. The summed E-state index contributed by atoms with van der Waals surface area (Å²) in [6, 6.07) is -0.150. The summed E-state index contributed by atoms with van der Waals surface area (Å²) in [5, 5.41) is 6.63. The highest BCUT2D eigenvalue weighted by Gasteiger charge is 2.46. The van der Waals surface area contributed by atoms with E-state index in [1.807, 2.05) is 0 Å². The zero-order valence-corrected chi connectivity index (χ0v) is 16.1. The number of primary amides is 1. The number of nitrogens with two attached hydrogens (primary N) is 1. The minimum absolute atomic E-state index is 0.150. The molecule has 1 fully saturated rings. The molecular weight excluding hydrogens is 394 g/mol. The van der Waals surface area contributed by atoms with E-state index >= 15 is 0 Å². The summed E-state index contributed by atoms with van der Waals surface area (Å²) in [7, 11) is 7.02. The standard InChI is InChI=1S/C14H19BrN5O3Si/c1-4-9(21)19-7-14(24,5-8(19)6-23-3)20-13(17-2)10(12(16)22)11(15)18-20/h4,8,17H,1,5-7H2,2-3H3,(H2,16,22)/t8-,14-/m1/s1. The Hall–Kier alpha value is -1.65. The third-order valence-electron chi connectivity index (χ3n) is 3.99. The second-order valence-corrected chi connectivity index (χ2v) is 7.24. The molecule has 0 bridgehead atoms. The predicted molar refractivity (Wildman–Crippen MR) is 93.9 cm³/mol. The first-order valence-corrected chi connectivity index (χ1v) is 8.52. The number of rotatable bonds is 6. The summed E-state index contributed by atoms with van der Waals surface area (Å²) in [6.45, 7) is 4.26. The number of nitrogens with zero attached hydrogens (tertiary/aromatic N) is 3. The molecule has 0 aliphatic carbocycles. The van der Waals surface area contributed by atoms with Crippen molar-refractivity contribution in [1.29, 1.82) is 0 Å². The zero-order chi connectivity index (χ0) is 18.1. The van der Waals surface area contributed by atoms with Crippen LogP contribution in [0.4, 0.5) is 5.82 Å². The highest BCUT2D eigenvalue weighted by Crippen LogP contribution is 2.36. The van der Waals surface area contributed by atoms with Crippen molar-refractivity contribution in [2.75, 3.05) is 32.6 Å². The number of anilines is 1. The van der Waals surface area contributed by atoms with Crippen molar-refractivity contribution in [2.45, 2.75) is 17.6 Å². The molecular formula is C14H19BrN5O3Si. The van der Waals surface area contributed by atoms with Crippen molar-refractivity contribution < 1.29 is 14.3 Å². The highest BCUT2D eigenvalue weighted by atomic mass is 79.9. The third kappa shape index (κ3) is 3.13. The average Bonchev–Trinajstić information content (AvgIpc) is 3.05. The maximum Gasteiger partial charge on any atom is 0.255 e. The minimum Gasteiger partial charge on any atom is -0.383 e. The number of ether oxygens (including phenoxy) is 1. The van der Waals surface area contributed by atoms with Crippen molar-refractivity contribution in [3.05, 3.63) is 22.8 Å². The van der Waals surface area contributed by atoms with Gasteiger partial charge in [0.25, 0.3) is 5.91 Å². The lowest BCUT2D eigenvalue weighted by Crippen LogP contribution is -2.41. The van der Waals surface area contributed by atoms with E-state index in [2.05, 4.69) is 43.2 Å². The van der Waals surface area contributed by atoms with Gasteiger partial charge in [0.15, 0.2) is 0 Å². The Kier molecular flexibility index (Phi) is 5.51. The van der Waals surface area contributed by atoms with E-state index in [0.29, 0.717) is 30.0 Å². The summed E-state index contributed by atoms with van der Waals surface area (Å²) < 4.78 is 7.20. The van der Waals surface area contributed by atoms with Gasteiger partial charge in [0.1, 0.15) is 16.0 Å². The van der Waals surface area contributed by atoms with Gasteiger partial charge in [0, 0.05) is 20.7 Å². The first-order valence-electron chi connectivity index (χ1n) is 7.22. The van der Waals surface area contributed by atoms with Crippen LogP contribution in [0.2, 0.25) is 0 Å². The fraction of sp³-hybridized carbons (Fsp3) is 0.500. The molecule has 1 aromatic heterocycles. The van der Waals surface area contributed by atoms with Crippen molar-refractivity contribution in [1.82, 2.24) is 14.7 Å². The molecule has 0 aromatic carbocycles. The molecule has 2 rings (SSSR count). The van der Waals surface area contributed by atoms with Crippen LogP contribution in [0, 0.1) is 0 Å². The fourth-order valence-corrected chi connectivity index (χ4v) is 4.11. The Morgan fingerprint density at radius 1 is 1.67 bits per heavy atom. The summed E-state index contributed by atoms with van der Waals surface area (Å²) in [6.07, 6.45) is 1.81. The zero-order valence-electron chi connectivity index (χ0n) is 13.5. The number of hydrogen-bond acceptors (Lipinski definition) is 5. The Labute approximate surface area is 151 Å². The lowest BCUT2D eigenvalue weighted by Gasteiger charge is -2.27. The fourth-order valence-electron chi connectivity index (χ4n) is 3.00. The molecule has 3 N–H and O–H groups in total. The molecule has 0 spiro atoms. The lowest BCUT2D eigenvalue weighted by atomic mass is 10.1. The number of likely N-dealkylation sites (tertiary alicyclic amines) is 1. The van der Waals surface area contributed by atoms with E-state index < -0.39 is 11.1 Å². The van der Waals surface area contributed by atoms with Gasteiger partial charge in [-0.3, -0.25) is 9.59 Å². The van der Waals surface area contributed by atoms with Crippen molar-refractivity contribution >= 4 is 43.8 Å². The quantitative estimate of drug-likeness (QED) is 0.507. The second kappa shape index (κ2) is 7.07. The minimum atomic E-state index is -0.712. The number of amides is 2. The molecule has 24 heavy (non-hydrogen) atoms. The molecule has 2 atom stereocenters. The first-order chi connectivity index (χ1) is 11.3. The number of hydrogen-bond donors (Lipinski definition) is 2. The molecule has 2 heterocycles. The van der Waals surface area contributed by atoms with Gasteiger partial charge in [-0.15, -0.1) is 0 Å². The van der Waals surface area contributed by atoms with Gasteiger partial charge in [-0.05, 0) is 28.4 Å². The summed E-state index contributed by atoms with van der Waals surface area (Å²) in [4.78, 5) is 25.5. The van der Waals surface area contributed by atoms with Crippen molar-refractivity contribution in [3.63, 3.8) is 0 Å². The number of halogens is 1. The van der Waals surface area contributed by atoms with Crippen LogP contribution in [0.5, 0.6) is 0 Å². The Balaban J connectivity index is 2.48. The number of carbonyl (C=O) groups is 2. The Bertz CT molecular complexity index is 680. The van der Waals surface area contributed by atoms with Crippen LogP contribution >= 0.6 is 15.9 Å². The van der Waals surface area contributed by atoms with Gasteiger partial charge in [-0.2, -0.15) is 5.10 Å². The second-order valence-electron chi connectivity index (χ2n) is 5.56. The molecule has 8 nitrogen and oxygen atoms in total.